The Bertz CT molecular complexity index is 378. The molecule has 3 nitrogen and oxygen atoms in total. The molecule has 0 unspecified atom stereocenters. The summed E-state index contributed by atoms with van der Waals surface area (Å²) in [5, 5.41) is 9.04. The number of aliphatic hydroxyl groups is 1. The second-order valence-electron chi connectivity index (χ2n) is 4.51. The van der Waals surface area contributed by atoms with Crippen molar-refractivity contribution >= 4 is 0 Å². The van der Waals surface area contributed by atoms with E-state index >= 15 is 0 Å². The zero-order chi connectivity index (χ0) is 13.5. The van der Waals surface area contributed by atoms with Gasteiger partial charge in [0, 0.05) is 19.6 Å². The highest BCUT2D eigenvalue weighted by atomic mass is 16.5. The molecule has 100 valence electrons. The minimum Gasteiger partial charge on any atom is -0.496 e. The van der Waals surface area contributed by atoms with Crippen molar-refractivity contribution in [1.29, 1.82) is 0 Å². The Balaban J connectivity index is 2.86. The third-order valence-electron chi connectivity index (χ3n) is 2.93. The molecule has 0 fully saturated rings. The molecule has 1 aromatic rings. The van der Waals surface area contributed by atoms with E-state index in [2.05, 4.69) is 37.5 Å². The maximum Gasteiger partial charge on any atom is 0.124 e. The van der Waals surface area contributed by atoms with Gasteiger partial charge in [-0.15, -0.1) is 6.58 Å². The van der Waals surface area contributed by atoms with Crippen LogP contribution in [0.4, 0.5) is 0 Å². The summed E-state index contributed by atoms with van der Waals surface area (Å²) in [5.41, 5.74) is 3.53. The molecule has 0 aromatic heterocycles. The highest BCUT2D eigenvalue weighted by molar-refractivity contribution is 5.43. The van der Waals surface area contributed by atoms with Gasteiger partial charge in [0.05, 0.1) is 13.7 Å². The molecule has 1 N–H and O–H groups in total. The summed E-state index contributed by atoms with van der Waals surface area (Å²) in [5.74, 6) is 0.955. The fourth-order valence-electron chi connectivity index (χ4n) is 2.27. The van der Waals surface area contributed by atoms with Crippen molar-refractivity contribution in [3.63, 3.8) is 0 Å². The summed E-state index contributed by atoms with van der Waals surface area (Å²) < 4.78 is 5.36. The maximum absolute atomic E-state index is 9.04. The number of hydrogen-bond acceptors (Lipinski definition) is 3. The van der Waals surface area contributed by atoms with Gasteiger partial charge in [0.2, 0.25) is 0 Å². The van der Waals surface area contributed by atoms with Gasteiger partial charge in [-0.05, 0) is 30.5 Å². The van der Waals surface area contributed by atoms with Crippen LogP contribution in [0.2, 0.25) is 0 Å². The summed E-state index contributed by atoms with van der Waals surface area (Å²) in [6.45, 7) is 10.3. The van der Waals surface area contributed by atoms with Gasteiger partial charge < -0.3 is 9.84 Å². The van der Waals surface area contributed by atoms with Gasteiger partial charge in [-0.2, -0.15) is 0 Å². The number of aliphatic hydroxyl groups excluding tert-OH is 1. The van der Waals surface area contributed by atoms with E-state index in [1.54, 1.807) is 7.11 Å². The molecule has 0 saturated carbocycles. The van der Waals surface area contributed by atoms with Crippen molar-refractivity contribution < 1.29 is 9.84 Å². The number of methoxy groups -OCH3 is 1. The Labute approximate surface area is 110 Å². The van der Waals surface area contributed by atoms with Crippen LogP contribution in [0.25, 0.3) is 0 Å². The van der Waals surface area contributed by atoms with Crippen LogP contribution in [-0.2, 0) is 6.54 Å². The molecule has 0 atom stereocenters. The summed E-state index contributed by atoms with van der Waals surface area (Å²) in [6, 6.07) is 4.28. The van der Waals surface area contributed by atoms with E-state index in [9.17, 15) is 0 Å². The summed E-state index contributed by atoms with van der Waals surface area (Å²) in [4.78, 5) is 2.16. The van der Waals surface area contributed by atoms with Crippen molar-refractivity contribution in [2.24, 2.45) is 0 Å². The van der Waals surface area contributed by atoms with Crippen LogP contribution in [0, 0.1) is 13.8 Å². The Morgan fingerprint density at radius 2 is 1.94 bits per heavy atom. The zero-order valence-electron chi connectivity index (χ0n) is 11.6. The summed E-state index contributed by atoms with van der Waals surface area (Å²) >= 11 is 0. The normalized spacial score (nSPS) is 10.7. The molecule has 0 spiro atoms. The molecule has 1 rings (SSSR count). The van der Waals surface area contributed by atoms with E-state index < -0.39 is 0 Å². The third-order valence-corrected chi connectivity index (χ3v) is 2.93. The van der Waals surface area contributed by atoms with Crippen LogP contribution in [-0.4, -0.2) is 36.8 Å². The molecular weight excluding hydrogens is 226 g/mol. The number of aryl methyl sites for hydroxylation is 2. The lowest BCUT2D eigenvalue weighted by Crippen LogP contribution is -2.26. The minimum atomic E-state index is 0.169. The molecule has 0 aliphatic heterocycles. The number of hydrogen-bond donors (Lipinski definition) is 1. The second kappa shape index (κ2) is 7.19. The lowest BCUT2D eigenvalue weighted by Gasteiger charge is -2.20. The third kappa shape index (κ3) is 3.86. The number of ether oxygens (including phenoxy) is 1. The smallest absolute Gasteiger partial charge is 0.124 e. The topological polar surface area (TPSA) is 32.7 Å². The van der Waals surface area contributed by atoms with Crippen LogP contribution in [0.1, 0.15) is 16.7 Å². The maximum atomic E-state index is 9.04. The van der Waals surface area contributed by atoms with Crippen molar-refractivity contribution in [3.8, 4) is 5.75 Å². The predicted molar refractivity (Wildman–Crippen MR) is 75.0 cm³/mol. The Morgan fingerprint density at radius 3 is 2.39 bits per heavy atom. The van der Waals surface area contributed by atoms with E-state index in [-0.39, 0.29) is 6.61 Å². The van der Waals surface area contributed by atoms with Gasteiger partial charge in [-0.1, -0.05) is 18.2 Å². The minimum absolute atomic E-state index is 0.169. The van der Waals surface area contributed by atoms with Crippen molar-refractivity contribution in [3.05, 3.63) is 41.5 Å². The van der Waals surface area contributed by atoms with Crippen molar-refractivity contribution in [2.45, 2.75) is 20.4 Å². The SMILES string of the molecule is C=CCN(CCO)Cc1cc(C)c(OC)c(C)c1. The van der Waals surface area contributed by atoms with Crippen LogP contribution >= 0.6 is 0 Å². The zero-order valence-corrected chi connectivity index (χ0v) is 11.6. The Kier molecular flexibility index (Phi) is 5.89. The number of nitrogens with zero attached hydrogens (tertiary/aromatic N) is 1. The lowest BCUT2D eigenvalue weighted by molar-refractivity contribution is 0.203. The van der Waals surface area contributed by atoms with Crippen LogP contribution in [0.5, 0.6) is 5.75 Å². The highest BCUT2D eigenvalue weighted by Gasteiger charge is 2.08. The van der Waals surface area contributed by atoms with Crippen LogP contribution < -0.4 is 4.74 Å². The van der Waals surface area contributed by atoms with Crippen molar-refractivity contribution in [1.82, 2.24) is 4.90 Å². The van der Waals surface area contributed by atoms with E-state index in [0.29, 0.717) is 6.54 Å². The molecule has 3 heteroatoms. The molecule has 18 heavy (non-hydrogen) atoms. The number of rotatable bonds is 7. The van der Waals surface area contributed by atoms with E-state index in [0.717, 1.165) is 30.0 Å². The molecule has 1 aromatic carbocycles. The predicted octanol–water partition coefficient (Wildman–Crippen LogP) is 2.29. The van der Waals surface area contributed by atoms with E-state index in [4.69, 9.17) is 9.84 Å². The second-order valence-corrected chi connectivity index (χ2v) is 4.51. The first-order valence-corrected chi connectivity index (χ1v) is 6.20. The molecule has 0 heterocycles. The quantitative estimate of drug-likeness (QED) is 0.753. The fraction of sp³-hybridized carbons (Fsp3) is 0.467. The van der Waals surface area contributed by atoms with Gasteiger partial charge in [0.25, 0.3) is 0 Å². The molecule has 0 aliphatic carbocycles. The molecule has 0 aliphatic rings. The molecule has 0 amide bonds. The van der Waals surface area contributed by atoms with Gasteiger partial charge in [0.15, 0.2) is 0 Å². The van der Waals surface area contributed by atoms with Crippen LogP contribution in [0.3, 0.4) is 0 Å². The average Bonchev–Trinajstić information content (AvgIpc) is 2.29. The molecule has 0 radical (unpaired) electrons. The Hall–Kier alpha value is -1.32. The van der Waals surface area contributed by atoms with Crippen molar-refractivity contribution in [2.75, 3.05) is 26.8 Å². The van der Waals surface area contributed by atoms with Gasteiger partial charge >= 0.3 is 0 Å². The highest BCUT2D eigenvalue weighted by Crippen LogP contribution is 2.24. The first-order valence-electron chi connectivity index (χ1n) is 6.20. The standard InChI is InChI=1S/C15H23NO2/c1-5-6-16(7-8-17)11-14-9-12(2)15(18-4)13(3)10-14/h5,9-10,17H,1,6-8,11H2,2-4H3. The van der Waals surface area contributed by atoms with E-state index in [1.807, 2.05) is 6.08 Å². The van der Waals surface area contributed by atoms with Gasteiger partial charge in [-0.25, -0.2) is 0 Å². The van der Waals surface area contributed by atoms with Gasteiger partial charge in [0.1, 0.15) is 5.75 Å². The first-order chi connectivity index (χ1) is 8.62. The Morgan fingerprint density at radius 1 is 1.33 bits per heavy atom. The molecule has 0 bridgehead atoms. The molecule has 0 saturated heterocycles. The first kappa shape index (κ1) is 14.7. The average molecular weight is 249 g/mol. The summed E-state index contributed by atoms with van der Waals surface area (Å²) in [7, 11) is 1.70. The van der Waals surface area contributed by atoms with Gasteiger partial charge in [-0.3, -0.25) is 4.90 Å². The number of benzene rings is 1. The molecular formula is C15H23NO2. The monoisotopic (exact) mass is 249 g/mol. The lowest BCUT2D eigenvalue weighted by atomic mass is 10.1. The fourth-order valence-corrected chi connectivity index (χ4v) is 2.27. The van der Waals surface area contributed by atoms with Crippen LogP contribution in [0.15, 0.2) is 24.8 Å². The summed E-state index contributed by atoms with van der Waals surface area (Å²) in [6.07, 6.45) is 1.86. The van der Waals surface area contributed by atoms with E-state index in [1.165, 1.54) is 5.56 Å². The largest absolute Gasteiger partial charge is 0.496 e.